The number of nitrogens with two attached hydrogens (primary N) is 1. The third-order valence-electron chi connectivity index (χ3n) is 3.75. The van der Waals surface area contributed by atoms with Gasteiger partial charge in [0.05, 0.1) is 21.9 Å². The first kappa shape index (κ1) is 20.0. The van der Waals surface area contributed by atoms with Crippen LogP contribution in [0.1, 0.15) is 12.5 Å². The van der Waals surface area contributed by atoms with E-state index in [0.717, 1.165) is 11.8 Å². The van der Waals surface area contributed by atoms with Crippen molar-refractivity contribution in [1.82, 2.24) is 14.9 Å². The Hall–Kier alpha value is -2.73. The number of nitrogen functional groups attached to an aromatic ring is 1. The average Bonchev–Trinajstić information content (AvgIpc) is 3.02. The van der Waals surface area contributed by atoms with Gasteiger partial charge in [0.15, 0.2) is 5.82 Å². The number of hydrogen-bond acceptors (Lipinski definition) is 6. The highest BCUT2D eigenvalue weighted by Crippen LogP contribution is 2.31. The predicted molar refractivity (Wildman–Crippen MR) is 111 cm³/mol. The minimum atomic E-state index is -0.509. The van der Waals surface area contributed by atoms with Gasteiger partial charge in [-0.25, -0.2) is 4.68 Å². The van der Waals surface area contributed by atoms with Crippen molar-refractivity contribution in [3.63, 3.8) is 0 Å². The number of hydrogen-bond donors (Lipinski definition) is 2. The van der Waals surface area contributed by atoms with Crippen molar-refractivity contribution in [1.29, 1.82) is 5.26 Å². The third kappa shape index (κ3) is 4.39. The summed E-state index contributed by atoms with van der Waals surface area (Å²) in [5.41, 5.74) is 1.59. The van der Waals surface area contributed by atoms with Crippen LogP contribution >= 0.6 is 35.0 Å². The summed E-state index contributed by atoms with van der Waals surface area (Å²) in [6, 6.07) is 13.7. The van der Waals surface area contributed by atoms with E-state index >= 15 is 0 Å². The molecule has 0 saturated heterocycles. The van der Waals surface area contributed by atoms with E-state index in [0.29, 0.717) is 37.8 Å². The van der Waals surface area contributed by atoms with Crippen molar-refractivity contribution >= 4 is 46.6 Å². The van der Waals surface area contributed by atoms with E-state index in [1.807, 2.05) is 6.07 Å². The van der Waals surface area contributed by atoms with Gasteiger partial charge in [0.2, 0.25) is 11.1 Å². The molecule has 2 aromatic carbocycles. The molecule has 0 aliphatic rings. The maximum Gasteiger partial charge on any atom is 0.237 e. The number of carbonyl (C=O) groups excluding carboxylic acids is 1. The van der Waals surface area contributed by atoms with Crippen molar-refractivity contribution in [3.8, 4) is 17.5 Å². The number of nitrogens with one attached hydrogen (secondary N) is 1. The largest absolute Gasteiger partial charge is 0.335 e. The molecule has 0 bridgehead atoms. The standard InChI is InChI=1S/C18H14Cl2N6OS/c1-10(17(27)23-13-4-2-3-11(7-13)9-21)28-18-25-24-16(26(18)22)14-6-5-12(19)8-15(14)20/h2-8,10H,22H2,1H3,(H,23,27)/t10-/m1/s1. The molecule has 28 heavy (non-hydrogen) atoms. The number of benzene rings is 2. The van der Waals surface area contributed by atoms with Gasteiger partial charge in [0.1, 0.15) is 0 Å². The van der Waals surface area contributed by atoms with E-state index in [9.17, 15) is 4.79 Å². The Morgan fingerprint density at radius 2 is 2.07 bits per heavy atom. The second-order valence-electron chi connectivity index (χ2n) is 5.74. The Morgan fingerprint density at radius 1 is 1.29 bits per heavy atom. The molecule has 1 heterocycles. The molecule has 0 radical (unpaired) electrons. The van der Waals surface area contributed by atoms with Crippen LogP contribution in [0.5, 0.6) is 0 Å². The summed E-state index contributed by atoms with van der Waals surface area (Å²) in [5, 5.41) is 20.6. The highest BCUT2D eigenvalue weighted by molar-refractivity contribution is 8.00. The summed E-state index contributed by atoms with van der Waals surface area (Å²) < 4.78 is 1.28. The number of anilines is 1. The zero-order valence-corrected chi connectivity index (χ0v) is 16.9. The molecule has 1 amide bonds. The van der Waals surface area contributed by atoms with Crippen LogP contribution in [0.4, 0.5) is 5.69 Å². The number of halogens is 2. The summed E-state index contributed by atoms with van der Waals surface area (Å²) in [5.74, 6) is 6.20. The van der Waals surface area contributed by atoms with Crippen LogP contribution in [-0.4, -0.2) is 26.0 Å². The van der Waals surface area contributed by atoms with Gasteiger partial charge in [0.25, 0.3) is 0 Å². The molecule has 0 saturated carbocycles. The first-order valence-corrected chi connectivity index (χ1v) is 9.66. The number of rotatable bonds is 5. The molecule has 3 rings (SSSR count). The molecule has 1 atom stereocenters. The fourth-order valence-corrected chi connectivity index (χ4v) is 3.60. The Labute approximate surface area is 175 Å². The summed E-state index contributed by atoms with van der Waals surface area (Å²) in [7, 11) is 0. The first-order valence-electron chi connectivity index (χ1n) is 8.02. The van der Waals surface area contributed by atoms with E-state index in [1.54, 1.807) is 49.4 Å². The molecular formula is C18H14Cl2N6OS. The lowest BCUT2D eigenvalue weighted by atomic mass is 10.2. The van der Waals surface area contributed by atoms with Crippen LogP contribution in [-0.2, 0) is 4.79 Å². The molecule has 142 valence electrons. The molecule has 1 aromatic heterocycles. The Morgan fingerprint density at radius 3 is 2.79 bits per heavy atom. The van der Waals surface area contributed by atoms with Crippen LogP contribution < -0.4 is 11.2 Å². The lowest BCUT2D eigenvalue weighted by Gasteiger charge is -2.12. The van der Waals surface area contributed by atoms with Gasteiger partial charge in [-0.1, -0.05) is 41.0 Å². The summed E-state index contributed by atoms with van der Waals surface area (Å²) in [4.78, 5) is 12.4. The number of aromatic nitrogens is 3. The van der Waals surface area contributed by atoms with Gasteiger partial charge >= 0.3 is 0 Å². The topological polar surface area (TPSA) is 110 Å². The van der Waals surface area contributed by atoms with E-state index in [-0.39, 0.29) is 5.91 Å². The van der Waals surface area contributed by atoms with Crippen LogP contribution in [0, 0.1) is 11.3 Å². The van der Waals surface area contributed by atoms with E-state index in [2.05, 4.69) is 15.5 Å². The second-order valence-corrected chi connectivity index (χ2v) is 7.89. The third-order valence-corrected chi connectivity index (χ3v) is 5.35. The highest BCUT2D eigenvalue weighted by atomic mass is 35.5. The number of carbonyl (C=O) groups is 1. The van der Waals surface area contributed by atoms with E-state index in [4.69, 9.17) is 34.3 Å². The molecular weight excluding hydrogens is 419 g/mol. The predicted octanol–water partition coefficient (Wildman–Crippen LogP) is 3.96. The molecule has 7 nitrogen and oxygen atoms in total. The minimum Gasteiger partial charge on any atom is -0.335 e. The minimum absolute atomic E-state index is 0.255. The van der Waals surface area contributed by atoms with Gasteiger partial charge < -0.3 is 11.2 Å². The molecule has 3 N–H and O–H groups in total. The Balaban J connectivity index is 1.74. The van der Waals surface area contributed by atoms with Gasteiger partial charge in [-0.15, -0.1) is 10.2 Å². The SMILES string of the molecule is C[C@@H](Sc1nnc(-c2ccc(Cl)cc2Cl)n1N)C(=O)Nc1cccc(C#N)c1. The average molecular weight is 433 g/mol. The smallest absolute Gasteiger partial charge is 0.237 e. The highest BCUT2D eigenvalue weighted by Gasteiger charge is 2.21. The number of thioether (sulfide) groups is 1. The Kier molecular flexibility index (Phi) is 6.09. The molecule has 3 aromatic rings. The number of amides is 1. The van der Waals surface area contributed by atoms with Gasteiger partial charge in [-0.05, 0) is 43.3 Å². The van der Waals surface area contributed by atoms with Crippen LogP contribution in [0.15, 0.2) is 47.6 Å². The fourth-order valence-electron chi connectivity index (χ4n) is 2.33. The van der Waals surface area contributed by atoms with Crippen molar-refractivity contribution in [2.45, 2.75) is 17.3 Å². The van der Waals surface area contributed by atoms with Crippen LogP contribution in [0.2, 0.25) is 10.0 Å². The first-order chi connectivity index (χ1) is 13.4. The van der Waals surface area contributed by atoms with Gasteiger partial charge in [0, 0.05) is 16.3 Å². The maximum atomic E-state index is 12.4. The molecule has 10 heteroatoms. The van der Waals surface area contributed by atoms with Gasteiger partial charge in [-0.2, -0.15) is 5.26 Å². The molecule has 0 unspecified atom stereocenters. The second kappa shape index (κ2) is 8.52. The van der Waals surface area contributed by atoms with Crippen LogP contribution in [0.25, 0.3) is 11.4 Å². The van der Waals surface area contributed by atoms with Crippen molar-refractivity contribution in [2.24, 2.45) is 0 Å². The zero-order chi connectivity index (χ0) is 20.3. The Bertz CT molecular complexity index is 1080. The molecule has 0 spiro atoms. The maximum absolute atomic E-state index is 12.4. The van der Waals surface area contributed by atoms with Crippen molar-refractivity contribution in [2.75, 3.05) is 11.2 Å². The monoisotopic (exact) mass is 432 g/mol. The van der Waals surface area contributed by atoms with Crippen molar-refractivity contribution in [3.05, 3.63) is 58.1 Å². The molecule has 0 aliphatic carbocycles. The van der Waals surface area contributed by atoms with E-state index < -0.39 is 5.25 Å². The number of nitrogens with zero attached hydrogens (tertiary/aromatic N) is 4. The molecule has 0 fully saturated rings. The van der Waals surface area contributed by atoms with Crippen LogP contribution in [0.3, 0.4) is 0 Å². The summed E-state index contributed by atoms with van der Waals surface area (Å²) in [6.45, 7) is 1.72. The quantitative estimate of drug-likeness (QED) is 0.466. The van der Waals surface area contributed by atoms with E-state index in [1.165, 1.54) is 4.68 Å². The summed E-state index contributed by atoms with van der Waals surface area (Å²) >= 11 is 13.3. The normalized spacial score (nSPS) is 11.6. The van der Waals surface area contributed by atoms with Crippen molar-refractivity contribution < 1.29 is 4.79 Å². The fraction of sp³-hybridized carbons (Fsp3) is 0.111. The number of nitriles is 1. The molecule has 0 aliphatic heterocycles. The summed E-state index contributed by atoms with van der Waals surface area (Å²) in [6.07, 6.45) is 0. The zero-order valence-electron chi connectivity index (χ0n) is 14.6. The lowest BCUT2D eigenvalue weighted by molar-refractivity contribution is -0.115. The lowest BCUT2D eigenvalue weighted by Crippen LogP contribution is -2.23. The van der Waals surface area contributed by atoms with Gasteiger partial charge in [-0.3, -0.25) is 4.79 Å².